The zero-order valence-corrected chi connectivity index (χ0v) is 21.8. The molecule has 0 spiro atoms. The third-order valence-corrected chi connectivity index (χ3v) is 7.98. The van der Waals surface area contributed by atoms with Crippen LogP contribution in [0.5, 0.6) is 5.75 Å². The van der Waals surface area contributed by atoms with Gasteiger partial charge in [0, 0.05) is 50.5 Å². The van der Waals surface area contributed by atoms with Crippen molar-refractivity contribution in [2.45, 2.75) is 25.8 Å². The van der Waals surface area contributed by atoms with Gasteiger partial charge in [0.1, 0.15) is 22.8 Å². The van der Waals surface area contributed by atoms with Gasteiger partial charge in [-0.3, -0.25) is 24.5 Å². The van der Waals surface area contributed by atoms with Crippen LogP contribution in [0.1, 0.15) is 29.5 Å². The lowest BCUT2D eigenvalue weighted by Crippen LogP contribution is -2.44. The Bertz CT molecular complexity index is 1540. The highest BCUT2D eigenvalue weighted by atomic mass is 16.6. The molecular weight excluding hydrogens is 520 g/mol. The summed E-state index contributed by atoms with van der Waals surface area (Å²) in [6.07, 6.45) is 0.493. The number of non-ortho nitro benzene ring substituents is 1. The molecule has 0 bridgehead atoms. The van der Waals surface area contributed by atoms with Crippen molar-refractivity contribution >= 4 is 40.3 Å². The summed E-state index contributed by atoms with van der Waals surface area (Å²) in [7, 11) is 3.61. The molecule has 0 radical (unpaired) electrons. The van der Waals surface area contributed by atoms with Crippen LogP contribution in [0.3, 0.4) is 0 Å². The van der Waals surface area contributed by atoms with E-state index in [1.165, 1.54) is 12.1 Å². The number of nitro benzene ring substituents is 1. The SMILES string of the molecule is CN(C)c1cc(NCc2ccc([N+](=O)[O-])cc2)c(O)c2c1C[C@H]1C[C@H]3CC(=O)C(C(N)=O)=C(O)C3C(=O)C1=C2O. The number of allylic oxidation sites excluding steroid dienone is 2. The second-order valence-corrected chi connectivity index (χ2v) is 10.6. The highest BCUT2D eigenvalue weighted by molar-refractivity contribution is 6.21. The largest absolute Gasteiger partial charge is 0.511 e. The molecule has 208 valence electrons. The van der Waals surface area contributed by atoms with Gasteiger partial charge >= 0.3 is 0 Å². The summed E-state index contributed by atoms with van der Waals surface area (Å²) >= 11 is 0. The van der Waals surface area contributed by atoms with Gasteiger partial charge in [0.2, 0.25) is 0 Å². The number of primary amides is 1. The van der Waals surface area contributed by atoms with Crippen LogP contribution in [0.15, 0.2) is 47.2 Å². The van der Waals surface area contributed by atoms with E-state index in [1.54, 1.807) is 32.3 Å². The zero-order chi connectivity index (χ0) is 29.0. The number of fused-ring (bicyclic) bond motifs is 3. The number of benzene rings is 2. The average Bonchev–Trinajstić information content (AvgIpc) is 2.87. The fraction of sp³-hybridized carbons (Fsp3) is 0.321. The number of hydrogen-bond donors (Lipinski definition) is 5. The van der Waals surface area contributed by atoms with Crippen molar-refractivity contribution in [3.63, 3.8) is 0 Å². The molecule has 2 aromatic rings. The van der Waals surface area contributed by atoms with Gasteiger partial charge in [-0.1, -0.05) is 12.1 Å². The van der Waals surface area contributed by atoms with Crippen LogP contribution in [-0.2, 0) is 27.3 Å². The van der Waals surface area contributed by atoms with Crippen molar-refractivity contribution < 1.29 is 34.6 Å². The predicted molar refractivity (Wildman–Crippen MR) is 145 cm³/mol. The van der Waals surface area contributed by atoms with Crippen LogP contribution < -0.4 is 16.0 Å². The fourth-order valence-corrected chi connectivity index (χ4v) is 6.16. The number of carbonyl (C=O) groups is 3. The van der Waals surface area contributed by atoms with Gasteiger partial charge in [0.15, 0.2) is 11.6 Å². The maximum absolute atomic E-state index is 13.7. The molecule has 3 atom stereocenters. The molecule has 1 amide bonds. The normalized spacial score (nSPS) is 21.9. The molecule has 0 aromatic heterocycles. The number of anilines is 2. The number of nitro groups is 1. The van der Waals surface area contributed by atoms with E-state index in [0.29, 0.717) is 29.7 Å². The van der Waals surface area contributed by atoms with Gasteiger partial charge in [-0.25, -0.2) is 0 Å². The third kappa shape index (κ3) is 4.21. The number of phenolic OH excluding ortho intramolecular Hbond substituents is 1. The number of ketones is 2. The number of nitrogens with one attached hydrogen (secondary N) is 1. The Kier molecular flexibility index (Phi) is 6.48. The monoisotopic (exact) mass is 548 g/mol. The van der Waals surface area contributed by atoms with E-state index in [0.717, 1.165) is 0 Å². The summed E-state index contributed by atoms with van der Waals surface area (Å²) < 4.78 is 0. The van der Waals surface area contributed by atoms with Crippen LogP contribution in [0.25, 0.3) is 5.76 Å². The van der Waals surface area contributed by atoms with Crippen LogP contribution >= 0.6 is 0 Å². The Labute approximate surface area is 228 Å². The lowest BCUT2D eigenvalue weighted by atomic mass is 9.61. The number of hydrogen-bond acceptors (Lipinski definition) is 10. The number of aliphatic hydroxyl groups excluding tert-OH is 2. The van der Waals surface area contributed by atoms with Gasteiger partial charge in [-0.05, 0) is 41.9 Å². The lowest BCUT2D eigenvalue weighted by Gasteiger charge is -2.41. The second-order valence-electron chi connectivity index (χ2n) is 10.6. The van der Waals surface area contributed by atoms with Gasteiger partial charge in [-0.2, -0.15) is 0 Å². The van der Waals surface area contributed by atoms with Gasteiger partial charge in [-0.15, -0.1) is 0 Å². The summed E-state index contributed by atoms with van der Waals surface area (Å²) in [4.78, 5) is 50.2. The molecule has 40 heavy (non-hydrogen) atoms. The van der Waals surface area contributed by atoms with Gasteiger partial charge in [0.05, 0.1) is 22.1 Å². The van der Waals surface area contributed by atoms with Gasteiger partial charge in [0.25, 0.3) is 11.6 Å². The lowest BCUT2D eigenvalue weighted by molar-refractivity contribution is -0.384. The summed E-state index contributed by atoms with van der Waals surface area (Å²) in [5, 5.41) is 47.5. The van der Waals surface area contributed by atoms with Crippen molar-refractivity contribution in [3.05, 3.63) is 74.0 Å². The van der Waals surface area contributed by atoms with Gasteiger partial charge < -0.3 is 31.3 Å². The predicted octanol–water partition coefficient (Wildman–Crippen LogP) is 2.90. The Morgan fingerprint density at radius 3 is 2.42 bits per heavy atom. The molecule has 0 saturated heterocycles. The smallest absolute Gasteiger partial charge is 0.269 e. The van der Waals surface area contributed by atoms with E-state index in [-0.39, 0.29) is 41.2 Å². The Morgan fingerprint density at radius 1 is 1.15 bits per heavy atom. The van der Waals surface area contributed by atoms with Crippen molar-refractivity contribution in [2.75, 3.05) is 24.3 Å². The number of aliphatic hydroxyl groups is 2. The number of aromatic hydroxyl groups is 1. The average molecular weight is 549 g/mol. The van der Waals surface area contributed by atoms with E-state index >= 15 is 0 Å². The molecule has 12 heteroatoms. The first-order valence-electron chi connectivity index (χ1n) is 12.7. The molecular formula is C28H28N4O8. The van der Waals surface area contributed by atoms with E-state index in [1.807, 2.05) is 4.90 Å². The molecule has 6 N–H and O–H groups in total. The molecule has 1 unspecified atom stereocenters. The highest BCUT2D eigenvalue weighted by Gasteiger charge is 2.51. The Hall–Kier alpha value is -4.87. The van der Waals surface area contributed by atoms with Crippen molar-refractivity contribution in [1.82, 2.24) is 0 Å². The Morgan fingerprint density at radius 2 is 1.82 bits per heavy atom. The molecule has 2 aromatic carbocycles. The first-order valence-corrected chi connectivity index (χ1v) is 12.7. The number of Topliss-reactive ketones (excluding diaryl/α,β-unsaturated/α-hetero) is 2. The van der Waals surface area contributed by atoms with E-state index in [9.17, 15) is 39.8 Å². The van der Waals surface area contributed by atoms with Crippen LogP contribution in [0.2, 0.25) is 0 Å². The summed E-state index contributed by atoms with van der Waals surface area (Å²) in [6.45, 7) is 0.211. The number of rotatable bonds is 6. The van der Waals surface area contributed by atoms with Crippen molar-refractivity contribution in [3.8, 4) is 5.75 Å². The second kappa shape index (κ2) is 9.70. The molecule has 3 aliphatic rings. The number of carbonyl (C=O) groups excluding carboxylic acids is 3. The topological polar surface area (TPSA) is 196 Å². The minimum Gasteiger partial charge on any atom is -0.511 e. The maximum atomic E-state index is 13.7. The number of phenols is 1. The quantitative estimate of drug-likeness (QED) is 0.155. The Balaban J connectivity index is 1.56. The first kappa shape index (κ1) is 26.7. The van der Waals surface area contributed by atoms with E-state index < -0.39 is 57.2 Å². The molecule has 12 nitrogen and oxygen atoms in total. The third-order valence-electron chi connectivity index (χ3n) is 7.98. The maximum Gasteiger partial charge on any atom is 0.269 e. The fourth-order valence-electron chi connectivity index (χ4n) is 6.16. The van der Waals surface area contributed by atoms with Crippen LogP contribution in [0.4, 0.5) is 17.1 Å². The van der Waals surface area contributed by atoms with Crippen molar-refractivity contribution in [2.24, 2.45) is 23.5 Å². The van der Waals surface area contributed by atoms with Crippen LogP contribution in [-0.4, -0.2) is 51.8 Å². The van der Waals surface area contributed by atoms with Crippen LogP contribution in [0, 0.1) is 27.9 Å². The van der Waals surface area contributed by atoms with E-state index in [4.69, 9.17) is 5.73 Å². The molecule has 0 heterocycles. The number of nitrogens with two attached hydrogens (primary N) is 1. The van der Waals surface area contributed by atoms with E-state index in [2.05, 4.69) is 5.32 Å². The summed E-state index contributed by atoms with van der Waals surface area (Å²) in [6, 6.07) is 7.65. The first-order chi connectivity index (χ1) is 18.9. The molecule has 5 rings (SSSR count). The molecule has 1 saturated carbocycles. The number of nitrogens with zero attached hydrogens (tertiary/aromatic N) is 2. The summed E-state index contributed by atoms with van der Waals surface area (Å²) in [5.41, 5.74) is 7.07. The molecule has 1 fully saturated rings. The highest BCUT2D eigenvalue weighted by Crippen LogP contribution is 2.52. The number of amides is 1. The van der Waals surface area contributed by atoms with Crippen molar-refractivity contribution in [1.29, 1.82) is 0 Å². The minimum absolute atomic E-state index is 0.0333. The standard InChI is InChI=1S/C28H28N4O8/c1-31(2)18-10-17(30-11-12-3-5-15(6-4-12)32(39)40)24(34)22-16(18)8-13-7-14-9-19(33)23(28(29)38)27(37)21(14)25(35)20(13)26(22)36/h3-6,10,13-14,21,30,34,36-37H,7-9,11H2,1-2H3,(H2,29,38)/t13-,14+,21?/m1/s1. The summed E-state index contributed by atoms with van der Waals surface area (Å²) in [5.74, 6) is -5.89. The molecule has 3 aliphatic carbocycles. The minimum atomic E-state index is -1.19. The molecule has 0 aliphatic heterocycles. The zero-order valence-electron chi connectivity index (χ0n) is 21.8.